The van der Waals surface area contributed by atoms with Crippen molar-refractivity contribution in [3.63, 3.8) is 0 Å². The number of hydrogen-bond donors (Lipinski definition) is 0. The summed E-state index contributed by atoms with van der Waals surface area (Å²) in [7, 11) is 0. The van der Waals surface area contributed by atoms with Gasteiger partial charge in [-0.3, -0.25) is 4.99 Å². The van der Waals surface area contributed by atoms with E-state index in [1.54, 1.807) is 12.3 Å². The highest BCUT2D eigenvalue weighted by Gasteiger charge is 2.01. The quantitative estimate of drug-likeness (QED) is 0.227. The van der Waals surface area contributed by atoms with Crippen molar-refractivity contribution < 1.29 is 0 Å². The molecule has 1 nitrogen and oxygen atoms in total. The fourth-order valence-electron chi connectivity index (χ4n) is 1.67. The third-order valence-corrected chi connectivity index (χ3v) is 3.35. The topological polar surface area (TPSA) is 12.4 Å². The summed E-state index contributed by atoms with van der Waals surface area (Å²) in [5.74, 6) is 0.426. The Balaban J connectivity index is 5.03. The molecule has 1 atom stereocenters. The smallest absolute Gasteiger partial charge is 0.0440 e. The van der Waals surface area contributed by atoms with Crippen molar-refractivity contribution in [1.82, 2.24) is 0 Å². The summed E-state index contributed by atoms with van der Waals surface area (Å²) in [4.78, 5) is 4.50. The minimum absolute atomic E-state index is 0.426. The van der Waals surface area contributed by atoms with Crippen molar-refractivity contribution in [2.45, 2.75) is 40.0 Å². The largest absolute Gasteiger partial charge is 0.261 e. The van der Waals surface area contributed by atoms with Gasteiger partial charge in [0.15, 0.2) is 0 Å². The standard InChI is InChI=1S/C20H28BrN/c1-6-8-10-12-17(3)18(4)16-20(22-15-9-7-2)14-11-13-19(5)21/h7,9-13,15-17H,2,5-6,8,14H2,1,3-4H3/b12-10-,13-11-,15-9+,18-16+,22-20+. The van der Waals surface area contributed by atoms with Gasteiger partial charge in [0.05, 0.1) is 0 Å². The third-order valence-electron chi connectivity index (χ3n) is 3.08. The van der Waals surface area contributed by atoms with E-state index in [0.717, 1.165) is 23.0 Å². The van der Waals surface area contributed by atoms with E-state index in [9.17, 15) is 0 Å². The van der Waals surface area contributed by atoms with Gasteiger partial charge >= 0.3 is 0 Å². The van der Waals surface area contributed by atoms with Gasteiger partial charge in [-0.05, 0) is 31.4 Å². The summed E-state index contributed by atoms with van der Waals surface area (Å²) >= 11 is 3.32. The molecular weight excluding hydrogens is 334 g/mol. The van der Waals surface area contributed by atoms with Crippen molar-refractivity contribution in [1.29, 1.82) is 0 Å². The molecule has 0 saturated heterocycles. The second-order valence-corrected chi connectivity index (χ2v) is 6.16. The summed E-state index contributed by atoms with van der Waals surface area (Å²) in [5.41, 5.74) is 2.33. The lowest BCUT2D eigenvalue weighted by Crippen LogP contribution is -1.98. The van der Waals surface area contributed by atoms with Gasteiger partial charge in [0.25, 0.3) is 0 Å². The molecule has 0 fully saturated rings. The zero-order valence-corrected chi connectivity index (χ0v) is 15.6. The van der Waals surface area contributed by atoms with Gasteiger partial charge in [0.1, 0.15) is 0 Å². The van der Waals surface area contributed by atoms with E-state index in [1.165, 1.54) is 12.0 Å². The molecule has 2 heteroatoms. The highest BCUT2D eigenvalue weighted by molar-refractivity contribution is 9.11. The molecule has 22 heavy (non-hydrogen) atoms. The van der Waals surface area contributed by atoms with Crippen LogP contribution < -0.4 is 0 Å². The van der Waals surface area contributed by atoms with Crippen LogP contribution in [0.25, 0.3) is 0 Å². The first-order valence-corrected chi connectivity index (χ1v) is 8.50. The van der Waals surface area contributed by atoms with Crippen LogP contribution in [0.4, 0.5) is 0 Å². The maximum Gasteiger partial charge on any atom is 0.0440 e. The average Bonchev–Trinajstić information content (AvgIpc) is 2.46. The van der Waals surface area contributed by atoms with E-state index >= 15 is 0 Å². The molecule has 0 aromatic carbocycles. The summed E-state index contributed by atoms with van der Waals surface area (Å²) in [5, 5.41) is 0. The number of nitrogens with zero attached hydrogens (tertiary/aromatic N) is 1. The maximum atomic E-state index is 4.50. The van der Waals surface area contributed by atoms with Crippen LogP contribution in [0.1, 0.15) is 40.0 Å². The van der Waals surface area contributed by atoms with Crippen molar-refractivity contribution in [2.24, 2.45) is 10.9 Å². The molecule has 0 aliphatic carbocycles. The SMILES string of the molecule is C=C/C=C/N=C(/C=C(\C)C(C)/C=C\CCC)C/C=C\C(=C)Br. The Morgan fingerprint density at radius 1 is 1.32 bits per heavy atom. The minimum atomic E-state index is 0.426. The van der Waals surface area contributed by atoms with E-state index < -0.39 is 0 Å². The normalized spacial score (nSPS) is 15.1. The molecule has 0 N–H and O–H groups in total. The summed E-state index contributed by atoms with van der Waals surface area (Å²) in [6.07, 6.45) is 19.1. The van der Waals surface area contributed by atoms with Crippen LogP contribution in [0.5, 0.6) is 0 Å². The molecule has 120 valence electrons. The van der Waals surface area contributed by atoms with E-state index in [1.807, 2.05) is 12.2 Å². The summed E-state index contributed by atoms with van der Waals surface area (Å²) in [6, 6.07) is 0. The zero-order chi connectivity index (χ0) is 16.8. The van der Waals surface area contributed by atoms with Gasteiger partial charge in [-0.2, -0.15) is 0 Å². The molecule has 0 aliphatic heterocycles. The predicted octanol–water partition coefficient (Wildman–Crippen LogP) is 6.92. The molecule has 0 amide bonds. The molecule has 0 aromatic heterocycles. The van der Waals surface area contributed by atoms with E-state index in [4.69, 9.17) is 0 Å². The Kier molecular flexibility index (Phi) is 12.4. The fourth-order valence-corrected chi connectivity index (χ4v) is 1.86. The molecule has 0 spiro atoms. The van der Waals surface area contributed by atoms with Crippen LogP contribution in [-0.4, -0.2) is 5.71 Å². The number of hydrogen-bond acceptors (Lipinski definition) is 1. The third kappa shape index (κ3) is 11.3. The first-order chi connectivity index (χ1) is 10.5. The van der Waals surface area contributed by atoms with Crippen molar-refractivity contribution in [3.8, 4) is 0 Å². The number of unbranched alkanes of at least 4 members (excludes halogenated alkanes) is 1. The molecule has 0 saturated carbocycles. The molecule has 0 bridgehead atoms. The Hall–Kier alpha value is -1.41. The lowest BCUT2D eigenvalue weighted by atomic mass is 9.99. The predicted molar refractivity (Wildman–Crippen MR) is 106 cm³/mol. The number of aliphatic imine (C=N–C) groups is 1. The number of rotatable bonds is 10. The van der Waals surface area contributed by atoms with Crippen LogP contribution in [0.2, 0.25) is 0 Å². The number of allylic oxidation sites excluding steroid dienone is 9. The van der Waals surface area contributed by atoms with Gasteiger partial charge < -0.3 is 0 Å². The van der Waals surface area contributed by atoms with Crippen molar-refractivity contribution >= 4 is 21.6 Å². The zero-order valence-electron chi connectivity index (χ0n) is 14.1. The van der Waals surface area contributed by atoms with Crippen LogP contribution >= 0.6 is 15.9 Å². The highest BCUT2D eigenvalue weighted by atomic mass is 79.9. The monoisotopic (exact) mass is 361 g/mol. The Bertz CT molecular complexity index is 490. The average molecular weight is 362 g/mol. The summed E-state index contributed by atoms with van der Waals surface area (Å²) < 4.78 is 0.866. The van der Waals surface area contributed by atoms with Crippen molar-refractivity contribution in [2.75, 3.05) is 0 Å². The van der Waals surface area contributed by atoms with Crippen molar-refractivity contribution in [3.05, 3.63) is 71.9 Å². The van der Waals surface area contributed by atoms with E-state index in [2.05, 4.69) is 79.2 Å². The molecule has 0 heterocycles. The van der Waals surface area contributed by atoms with E-state index in [-0.39, 0.29) is 0 Å². The van der Waals surface area contributed by atoms with Gasteiger partial charge in [-0.25, -0.2) is 0 Å². The minimum Gasteiger partial charge on any atom is -0.261 e. The first kappa shape index (κ1) is 20.6. The number of halogens is 1. The second-order valence-electron chi connectivity index (χ2n) is 5.14. The van der Waals surface area contributed by atoms with Crippen LogP contribution in [0.15, 0.2) is 76.9 Å². The highest BCUT2D eigenvalue weighted by Crippen LogP contribution is 2.13. The lowest BCUT2D eigenvalue weighted by molar-refractivity contribution is 0.848. The fraction of sp³-hybridized carbons (Fsp3) is 0.350. The molecule has 0 radical (unpaired) electrons. The second kappa shape index (κ2) is 13.3. The van der Waals surface area contributed by atoms with Gasteiger partial charge in [-0.15, -0.1) is 0 Å². The summed E-state index contributed by atoms with van der Waals surface area (Å²) in [6.45, 7) is 14.0. The molecule has 0 aliphatic rings. The van der Waals surface area contributed by atoms with Crippen LogP contribution in [0, 0.1) is 5.92 Å². The first-order valence-electron chi connectivity index (χ1n) is 7.71. The Labute approximate surface area is 144 Å². The lowest BCUT2D eigenvalue weighted by Gasteiger charge is -2.07. The Morgan fingerprint density at radius 2 is 2.05 bits per heavy atom. The van der Waals surface area contributed by atoms with Gasteiger partial charge in [0.2, 0.25) is 0 Å². The molecular formula is C20H28BrN. The van der Waals surface area contributed by atoms with Gasteiger partial charge in [-0.1, -0.05) is 85.3 Å². The molecule has 1 unspecified atom stereocenters. The van der Waals surface area contributed by atoms with E-state index in [0.29, 0.717) is 5.92 Å². The van der Waals surface area contributed by atoms with Gasteiger partial charge in [0, 0.05) is 22.8 Å². The van der Waals surface area contributed by atoms with Crippen LogP contribution in [0.3, 0.4) is 0 Å². The molecule has 0 aromatic rings. The van der Waals surface area contributed by atoms with Crippen LogP contribution in [-0.2, 0) is 0 Å². The maximum absolute atomic E-state index is 4.50. The Morgan fingerprint density at radius 3 is 2.64 bits per heavy atom. The molecule has 0 rings (SSSR count).